The Kier molecular flexibility index (Phi) is 5.31. The van der Waals surface area contributed by atoms with Crippen LogP contribution in [0.25, 0.3) is 0 Å². The Balaban J connectivity index is 1.61. The van der Waals surface area contributed by atoms with Gasteiger partial charge in [-0.15, -0.1) is 0 Å². The zero-order chi connectivity index (χ0) is 16.2. The molecule has 2 aliphatic carbocycles. The summed E-state index contributed by atoms with van der Waals surface area (Å²) < 4.78 is 14.0. The molecule has 125 valence electrons. The largest absolute Gasteiger partial charge is 0.352 e. The van der Waals surface area contributed by atoms with Gasteiger partial charge in [0.15, 0.2) is 0 Å². The number of hydrogen-bond donors (Lipinski definition) is 2. The normalized spacial score (nSPS) is 31.6. The fraction of sp³-hybridized carbons (Fsp3) is 0.632. The second-order valence-corrected chi connectivity index (χ2v) is 7.07. The molecule has 0 spiro atoms. The number of benzene rings is 1. The van der Waals surface area contributed by atoms with E-state index in [-0.39, 0.29) is 35.6 Å². The summed E-state index contributed by atoms with van der Waals surface area (Å²) in [5.41, 5.74) is 6.83. The summed E-state index contributed by atoms with van der Waals surface area (Å²) >= 11 is 0. The van der Waals surface area contributed by atoms with Crippen LogP contribution in [0.2, 0.25) is 0 Å². The van der Waals surface area contributed by atoms with Gasteiger partial charge in [0.25, 0.3) is 0 Å². The van der Waals surface area contributed by atoms with Gasteiger partial charge in [-0.1, -0.05) is 25.3 Å². The maximum absolute atomic E-state index is 14.0. The molecule has 0 aliphatic heterocycles. The predicted molar refractivity (Wildman–Crippen MR) is 88.3 cm³/mol. The van der Waals surface area contributed by atoms with Crippen LogP contribution in [0.15, 0.2) is 18.2 Å². The number of nitrogens with two attached hydrogens (primary N) is 1. The van der Waals surface area contributed by atoms with Crippen molar-refractivity contribution in [3.05, 3.63) is 35.6 Å². The van der Waals surface area contributed by atoms with Crippen LogP contribution in [0.3, 0.4) is 0 Å². The van der Waals surface area contributed by atoms with Crippen molar-refractivity contribution in [3.8, 4) is 0 Å². The van der Waals surface area contributed by atoms with Gasteiger partial charge in [-0.25, -0.2) is 4.39 Å². The minimum Gasteiger partial charge on any atom is -0.352 e. The summed E-state index contributed by atoms with van der Waals surface area (Å²) in [6, 6.07) is 7.93. The minimum atomic E-state index is -0.177. The average Bonchev–Trinajstić information content (AvgIpc) is 2.57. The van der Waals surface area contributed by atoms with Crippen LogP contribution in [0.4, 0.5) is 4.39 Å². The average molecular weight is 317 g/mol. The van der Waals surface area contributed by atoms with Crippen molar-refractivity contribution >= 4 is 5.91 Å². The van der Waals surface area contributed by atoms with Crippen molar-refractivity contribution in [1.29, 1.82) is 0 Å². The molecule has 1 aromatic rings. The Morgan fingerprint density at radius 2 is 2.04 bits per heavy atom. The second-order valence-electron chi connectivity index (χ2n) is 7.07. The summed E-state index contributed by atoms with van der Waals surface area (Å²) in [7, 11) is 0. The fourth-order valence-electron chi connectivity index (χ4n) is 4.09. The van der Waals surface area contributed by atoms with Crippen molar-refractivity contribution in [2.24, 2.45) is 11.7 Å². The molecular formula is C19H26FN2O. The van der Waals surface area contributed by atoms with Gasteiger partial charge in [0, 0.05) is 18.0 Å². The van der Waals surface area contributed by atoms with E-state index in [0.717, 1.165) is 51.4 Å². The lowest BCUT2D eigenvalue weighted by molar-refractivity contribution is -0.127. The van der Waals surface area contributed by atoms with E-state index in [9.17, 15) is 9.18 Å². The zero-order valence-corrected chi connectivity index (χ0v) is 13.6. The lowest BCUT2D eigenvalue weighted by Gasteiger charge is -2.33. The highest BCUT2D eigenvalue weighted by Crippen LogP contribution is 2.37. The van der Waals surface area contributed by atoms with Crippen LogP contribution < -0.4 is 11.1 Å². The number of hydrogen-bond acceptors (Lipinski definition) is 2. The Morgan fingerprint density at radius 3 is 2.83 bits per heavy atom. The first-order chi connectivity index (χ1) is 11.1. The number of nitrogens with one attached hydrogen (secondary N) is 1. The van der Waals surface area contributed by atoms with Crippen molar-refractivity contribution in [2.45, 2.75) is 69.4 Å². The van der Waals surface area contributed by atoms with Crippen LogP contribution >= 0.6 is 0 Å². The molecule has 3 nitrogen and oxygen atoms in total. The zero-order valence-electron chi connectivity index (χ0n) is 13.6. The molecule has 1 amide bonds. The number of halogens is 1. The molecule has 0 aromatic heterocycles. The molecule has 3 N–H and O–H groups in total. The maximum atomic E-state index is 14.0. The molecule has 4 heteroatoms. The van der Waals surface area contributed by atoms with E-state index in [2.05, 4.69) is 11.4 Å². The number of rotatable bonds is 3. The van der Waals surface area contributed by atoms with Crippen LogP contribution in [-0.4, -0.2) is 18.0 Å². The van der Waals surface area contributed by atoms with Crippen LogP contribution in [0.1, 0.15) is 62.8 Å². The van der Waals surface area contributed by atoms with Crippen LogP contribution in [-0.2, 0) is 4.79 Å². The van der Waals surface area contributed by atoms with E-state index in [1.54, 1.807) is 12.1 Å². The lowest BCUT2D eigenvalue weighted by atomic mass is 9.77. The fourth-order valence-corrected chi connectivity index (χ4v) is 4.09. The molecule has 3 rings (SSSR count). The second kappa shape index (κ2) is 7.43. The first-order valence-electron chi connectivity index (χ1n) is 8.86. The van der Waals surface area contributed by atoms with Crippen molar-refractivity contribution < 1.29 is 9.18 Å². The Bertz CT molecular complexity index is 548. The molecule has 0 heterocycles. The molecule has 0 saturated heterocycles. The molecule has 2 saturated carbocycles. The Hall–Kier alpha value is -1.42. The highest BCUT2D eigenvalue weighted by Gasteiger charge is 2.31. The van der Waals surface area contributed by atoms with E-state index in [1.165, 1.54) is 6.07 Å². The summed E-state index contributed by atoms with van der Waals surface area (Å²) in [4.78, 5) is 12.6. The number of carbonyl (C=O) groups is 1. The molecule has 4 atom stereocenters. The van der Waals surface area contributed by atoms with Gasteiger partial charge in [0.2, 0.25) is 5.91 Å². The highest BCUT2D eigenvalue weighted by atomic mass is 19.1. The summed E-state index contributed by atoms with van der Waals surface area (Å²) in [5, 5.41) is 3.16. The van der Waals surface area contributed by atoms with E-state index in [0.29, 0.717) is 5.56 Å². The third kappa shape index (κ3) is 3.92. The SMILES string of the molecule is N[C@H]1CCCC[C@@H]1NC(=O)C1CCCC(c2c[c]ccc2F)C1. The quantitative estimate of drug-likeness (QED) is 0.899. The third-order valence-electron chi connectivity index (χ3n) is 5.47. The van der Waals surface area contributed by atoms with E-state index < -0.39 is 0 Å². The first-order valence-corrected chi connectivity index (χ1v) is 8.86. The molecule has 2 fully saturated rings. The van der Waals surface area contributed by atoms with Gasteiger partial charge in [-0.3, -0.25) is 4.79 Å². The summed E-state index contributed by atoms with van der Waals surface area (Å²) in [6.45, 7) is 0. The Labute approximate surface area is 137 Å². The predicted octanol–water partition coefficient (Wildman–Crippen LogP) is 3.29. The first kappa shape index (κ1) is 16.4. The maximum Gasteiger partial charge on any atom is 0.223 e. The molecule has 1 radical (unpaired) electrons. The standard InChI is InChI=1S/C19H26FN2O/c20-16-9-2-1-8-15(16)13-6-5-7-14(12-13)19(23)22-18-11-4-3-10-17(18)21/h2,8-9,13-14,17-18H,3-7,10-12,21H2,(H,22,23)/t13?,14?,17-,18-/m0/s1. The molecule has 2 aliphatic rings. The van der Waals surface area contributed by atoms with Gasteiger partial charge in [-0.05, 0) is 61.8 Å². The lowest BCUT2D eigenvalue weighted by Crippen LogP contribution is -2.51. The molecule has 2 unspecified atom stereocenters. The van der Waals surface area contributed by atoms with E-state index in [1.807, 2.05) is 0 Å². The van der Waals surface area contributed by atoms with Gasteiger partial charge < -0.3 is 11.1 Å². The molecule has 23 heavy (non-hydrogen) atoms. The summed E-state index contributed by atoms with van der Waals surface area (Å²) in [6.07, 6.45) is 7.79. The van der Waals surface area contributed by atoms with E-state index in [4.69, 9.17) is 5.73 Å². The van der Waals surface area contributed by atoms with Gasteiger partial charge in [0.1, 0.15) is 5.82 Å². The van der Waals surface area contributed by atoms with Crippen molar-refractivity contribution in [1.82, 2.24) is 5.32 Å². The highest BCUT2D eigenvalue weighted by molar-refractivity contribution is 5.79. The van der Waals surface area contributed by atoms with Crippen LogP contribution in [0, 0.1) is 17.8 Å². The molecule has 1 aromatic carbocycles. The molecule has 0 bridgehead atoms. The number of carbonyl (C=O) groups excluding carboxylic acids is 1. The number of amides is 1. The molecular weight excluding hydrogens is 291 g/mol. The van der Waals surface area contributed by atoms with Crippen molar-refractivity contribution in [3.63, 3.8) is 0 Å². The third-order valence-corrected chi connectivity index (χ3v) is 5.47. The topological polar surface area (TPSA) is 55.1 Å². The van der Waals surface area contributed by atoms with Gasteiger partial charge in [0.05, 0.1) is 0 Å². The summed E-state index contributed by atoms with van der Waals surface area (Å²) in [5.74, 6) is 0.0286. The van der Waals surface area contributed by atoms with Crippen LogP contribution in [0.5, 0.6) is 0 Å². The van der Waals surface area contributed by atoms with E-state index >= 15 is 0 Å². The van der Waals surface area contributed by atoms with Gasteiger partial charge in [-0.2, -0.15) is 0 Å². The smallest absolute Gasteiger partial charge is 0.223 e. The Morgan fingerprint density at radius 1 is 1.22 bits per heavy atom. The van der Waals surface area contributed by atoms with Crippen molar-refractivity contribution in [2.75, 3.05) is 0 Å². The van der Waals surface area contributed by atoms with Gasteiger partial charge >= 0.3 is 0 Å². The monoisotopic (exact) mass is 317 g/mol. The minimum absolute atomic E-state index is 0.0255.